The highest BCUT2D eigenvalue weighted by Crippen LogP contribution is 2.35. The maximum Gasteiger partial charge on any atom is 0.307 e. The summed E-state index contributed by atoms with van der Waals surface area (Å²) in [5.74, 6) is 0. The summed E-state index contributed by atoms with van der Waals surface area (Å²) in [6.07, 6.45) is 5.58. The van der Waals surface area contributed by atoms with Crippen molar-refractivity contribution in [3.05, 3.63) is 48.7 Å². The molecule has 0 aliphatic carbocycles. The summed E-state index contributed by atoms with van der Waals surface area (Å²) < 4.78 is 5.80. The van der Waals surface area contributed by atoms with Crippen molar-refractivity contribution in [3.63, 3.8) is 0 Å². The first-order valence-electron chi connectivity index (χ1n) is 6.13. The smallest absolute Gasteiger partial charge is 0.256 e. The summed E-state index contributed by atoms with van der Waals surface area (Å²) >= 11 is 1.83. The van der Waals surface area contributed by atoms with Crippen LogP contribution < -0.4 is 4.57 Å². The van der Waals surface area contributed by atoms with Crippen LogP contribution in [0.15, 0.2) is 43.0 Å². The summed E-state index contributed by atoms with van der Waals surface area (Å²) in [7, 11) is 0. The fraction of sp³-hybridized carbons (Fsp3) is 0.0714. The van der Waals surface area contributed by atoms with Gasteiger partial charge < -0.3 is 0 Å². The van der Waals surface area contributed by atoms with Crippen LogP contribution >= 0.6 is 11.3 Å². The van der Waals surface area contributed by atoms with Crippen LogP contribution in [0.1, 0.15) is 5.69 Å². The van der Waals surface area contributed by atoms with Crippen molar-refractivity contribution in [1.82, 2.24) is 14.4 Å². The van der Waals surface area contributed by atoms with Crippen molar-refractivity contribution in [2.24, 2.45) is 0 Å². The molecule has 0 atom stereocenters. The minimum absolute atomic E-state index is 0.854. The average molecular weight is 265 g/mol. The van der Waals surface area contributed by atoms with Crippen molar-refractivity contribution >= 4 is 27.2 Å². The molecule has 4 aromatic heterocycles. The van der Waals surface area contributed by atoms with Gasteiger partial charge >= 0.3 is 5.65 Å². The number of thiazole rings is 1. The van der Waals surface area contributed by atoms with Gasteiger partial charge in [0.05, 0.1) is 11.3 Å². The molecule has 0 spiro atoms. The van der Waals surface area contributed by atoms with Crippen molar-refractivity contribution in [1.29, 1.82) is 0 Å². The molecule has 1 aliphatic heterocycles. The van der Waals surface area contributed by atoms with E-state index in [0.29, 0.717) is 0 Å². The van der Waals surface area contributed by atoms with Gasteiger partial charge in [-0.05, 0) is 12.1 Å². The van der Waals surface area contributed by atoms with Gasteiger partial charge in [-0.15, -0.1) is 0 Å². The van der Waals surface area contributed by atoms with Gasteiger partial charge in [0.25, 0.3) is 0 Å². The van der Waals surface area contributed by atoms with Crippen molar-refractivity contribution < 1.29 is 4.57 Å². The summed E-state index contributed by atoms with van der Waals surface area (Å²) in [6, 6.07) is 8.43. The fourth-order valence-electron chi connectivity index (χ4n) is 2.83. The maximum absolute atomic E-state index is 4.48. The van der Waals surface area contributed by atoms with E-state index in [4.69, 9.17) is 0 Å². The number of hydrogen-bond acceptors (Lipinski definition) is 3. The van der Waals surface area contributed by atoms with Gasteiger partial charge in [0.1, 0.15) is 16.8 Å². The molecule has 90 valence electrons. The van der Waals surface area contributed by atoms with E-state index in [1.54, 1.807) is 0 Å². The molecule has 0 saturated carbocycles. The van der Waals surface area contributed by atoms with Crippen LogP contribution in [-0.2, 0) is 6.54 Å². The lowest BCUT2D eigenvalue weighted by atomic mass is 10.2. The largest absolute Gasteiger partial charge is 0.307 e. The predicted molar refractivity (Wildman–Crippen MR) is 73.1 cm³/mol. The van der Waals surface area contributed by atoms with Crippen molar-refractivity contribution in [2.75, 3.05) is 0 Å². The maximum atomic E-state index is 4.48. The van der Waals surface area contributed by atoms with Gasteiger partial charge in [0, 0.05) is 24.5 Å². The van der Waals surface area contributed by atoms with E-state index in [9.17, 15) is 0 Å². The molecule has 0 aromatic carbocycles. The Balaban J connectivity index is 1.94. The molecule has 4 aromatic rings. The minimum Gasteiger partial charge on any atom is -0.256 e. The van der Waals surface area contributed by atoms with E-state index < -0.39 is 0 Å². The van der Waals surface area contributed by atoms with Crippen LogP contribution in [0.25, 0.3) is 26.4 Å². The molecule has 5 heteroatoms. The third-order valence-electron chi connectivity index (χ3n) is 3.66. The Morgan fingerprint density at radius 2 is 2.26 bits per heavy atom. The molecule has 5 heterocycles. The normalized spacial score (nSPS) is 13.1. The summed E-state index contributed by atoms with van der Waals surface area (Å²) in [5.41, 5.74) is 4.84. The van der Waals surface area contributed by atoms with E-state index in [1.165, 1.54) is 26.4 Å². The predicted octanol–water partition coefficient (Wildman–Crippen LogP) is 2.26. The Morgan fingerprint density at radius 3 is 3.26 bits per heavy atom. The Labute approximate surface area is 112 Å². The van der Waals surface area contributed by atoms with Crippen molar-refractivity contribution in [3.8, 4) is 10.6 Å². The molecule has 5 rings (SSSR count). The molecule has 0 N–H and O–H groups in total. The number of nitrogens with zero attached hydrogens (tertiary/aromatic N) is 4. The van der Waals surface area contributed by atoms with Gasteiger partial charge in [-0.25, -0.2) is 9.55 Å². The molecule has 1 aliphatic rings. The standard InChI is InChI=1S/C14H9N4S/c1-2-10-11(16-4-1)7-17-13-12(19-14(10)17)6-9-3-5-15-8-18(9)13/h1-6,8H,7H2/q+1. The van der Waals surface area contributed by atoms with E-state index in [0.717, 1.165) is 12.2 Å². The fourth-order valence-corrected chi connectivity index (χ4v) is 4.08. The van der Waals surface area contributed by atoms with E-state index in [-0.39, 0.29) is 0 Å². The average Bonchev–Trinajstić information content (AvgIpc) is 3.05. The van der Waals surface area contributed by atoms with Crippen LogP contribution in [0.4, 0.5) is 0 Å². The number of fused-ring (bicyclic) bond motifs is 7. The number of aromatic nitrogens is 4. The SMILES string of the molecule is c1cnc2c(c1)-c1sc3cc4ccncn4c3[n+]1C2. The minimum atomic E-state index is 0.854. The molecule has 0 unspecified atom stereocenters. The summed E-state index contributed by atoms with van der Waals surface area (Å²) in [5, 5.41) is 1.30. The van der Waals surface area contributed by atoms with Crippen LogP contribution in [0.3, 0.4) is 0 Å². The molecule has 19 heavy (non-hydrogen) atoms. The topological polar surface area (TPSA) is 34.1 Å². The first kappa shape index (κ1) is 9.63. The van der Waals surface area contributed by atoms with Crippen molar-refractivity contribution in [2.45, 2.75) is 6.54 Å². The highest BCUT2D eigenvalue weighted by Gasteiger charge is 2.31. The van der Waals surface area contributed by atoms with Gasteiger partial charge in [0.15, 0.2) is 11.3 Å². The third kappa shape index (κ3) is 1.11. The zero-order valence-corrected chi connectivity index (χ0v) is 10.8. The van der Waals surface area contributed by atoms with Gasteiger partial charge in [-0.2, -0.15) is 4.40 Å². The van der Waals surface area contributed by atoms with E-state index in [2.05, 4.69) is 31.1 Å². The first-order chi connectivity index (χ1) is 9.42. The van der Waals surface area contributed by atoms with Gasteiger partial charge in [-0.1, -0.05) is 11.3 Å². The molecular formula is C14H9N4S+. The quantitative estimate of drug-likeness (QED) is 0.402. The number of pyridine rings is 1. The zero-order chi connectivity index (χ0) is 12.4. The second kappa shape index (κ2) is 3.19. The van der Waals surface area contributed by atoms with Gasteiger partial charge in [-0.3, -0.25) is 4.98 Å². The lowest BCUT2D eigenvalue weighted by Crippen LogP contribution is -2.31. The van der Waals surface area contributed by atoms with E-state index in [1.807, 2.05) is 42.2 Å². The second-order valence-corrected chi connectivity index (χ2v) is 5.73. The third-order valence-corrected chi connectivity index (χ3v) is 4.81. The molecule has 0 amide bonds. The monoisotopic (exact) mass is 265 g/mol. The van der Waals surface area contributed by atoms with Crippen LogP contribution in [-0.4, -0.2) is 14.4 Å². The summed E-state index contributed by atoms with van der Waals surface area (Å²) in [4.78, 5) is 8.71. The van der Waals surface area contributed by atoms with Crippen LogP contribution in [0.5, 0.6) is 0 Å². The van der Waals surface area contributed by atoms with Crippen LogP contribution in [0.2, 0.25) is 0 Å². The highest BCUT2D eigenvalue weighted by molar-refractivity contribution is 7.21. The molecule has 0 fully saturated rings. The highest BCUT2D eigenvalue weighted by atomic mass is 32.1. The number of hydrogen-bond donors (Lipinski definition) is 0. The Kier molecular flexibility index (Phi) is 1.62. The van der Waals surface area contributed by atoms with Crippen LogP contribution in [0, 0.1) is 0 Å². The molecule has 0 bridgehead atoms. The van der Waals surface area contributed by atoms with Gasteiger partial charge in [0.2, 0.25) is 0 Å². The Bertz CT molecular complexity index is 951. The lowest BCUT2D eigenvalue weighted by molar-refractivity contribution is -0.644. The first-order valence-corrected chi connectivity index (χ1v) is 6.95. The molecule has 4 nitrogen and oxygen atoms in total. The zero-order valence-electron chi connectivity index (χ0n) is 9.95. The number of rotatable bonds is 0. The molecule has 0 saturated heterocycles. The van der Waals surface area contributed by atoms with E-state index >= 15 is 0 Å². The Morgan fingerprint density at radius 1 is 1.26 bits per heavy atom. The Hall–Kier alpha value is -2.27. The summed E-state index contributed by atoms with van der Waals surface area (Å²) in [6.45, 7) is 0.854. The lowest BCUT2D eigenvalue weighted by Gasteiger charge is -1.91. The molecular weight excluding hydrogens is 256 g/mol. The second-order valence-electron chi connectivity index (χ2n) is 4.70. The molecule has 0 radical (unpaired) electrons.